The number of hydrogen-bond donors (Lipinski definition) is 0. The van der Waals surface area contributed by atoms with E-state index in [9.17, 15) is 0 Å². The molecular formula is C37H26N4. The summed E-state index contributed by atoms with van der Waals surface area (Å²) in [5.74, 6) is 2.30. The predicted molar refractivity (Wildman–Crippen MR) is 167 cm³/mol. The number of anilines is 2. The lowest BCUT2D eigenvalue weighted by Gasteiger charge is -2.30. The predicted octanol–water partition coefficient (Wildman–Crippen LogP) is 8.76. The van der Waals surface area contributed by atoms with Gasteiger partial charge in [-0.2, -0.15) is 0 Å². The summed E-state index contributed by atoms with van der Waals surface area (Å²) in [5, 5.41) is 2.36. The van der Waals surface area contributed by atoms with Crippen LogP contribution in [0.5, 0.6) is 0 Å². The van der Waals surface area contributed by atoms with Crippen molar-refractivity contribution < 1.29 is 0 Å². The summed E-state index contributed by atoms with van der Waals surface area (Å²) in [6, 6.07) is 42.3. The van der Waals surface area contributed by atoms with Crippen molar-refractivity contribution in [3.8, 4) is 34.2 Å². The van der Waals surface area contributed by atoms with Gasteiger partial charge in [0.2, 0.25) is 0 Å². The highest BCUT2D eigenvalue weighted by molar-refractivity contribution is 6.00. The van der Waals surface area contributed by atoms with E-state index in [2.05, 4.69) is 89.9 Å². The molecule has 41 heavy (non-hydrogen) atoms. The standard InChI is InChI=1S/C37H26N4/c1-3-13-25(14-4-1)35-38-36(26-15-5-2-6-16-26)40-37(39-35)28-23-27-17-7-8-18-29(27)34(24-28)41-32-21-11-9-19-30(32)31-20-10-12-22-33(31)41/h1-24,30,32H. The Morgan fingerprint density at radius 1 is 0.488 bits per heavy atom. The van der Waals surface area contributed by atoms with E-state index in [-0.39, 0.29) is 6.04 Å². The fourth-order valence-corrected chi connectivity index (χ4v) is 6.13. The molecule has 2 heterocycles. The van der Waals surface area contributed by atoms with Gasteiger partial charge < -0.3 is 4.90 Å². The van der Waals surface area contributed by atoms with Crippen molar-refractivity contribution in [3.05, 3.63) is 151 Å². The Morgan fingerprint density at radius 3 is 1.80 bits per heavy atom. The molecule has 4 heteroatoms. The molecule has 0 saturated heterocycles. The van der Waals surface area contributed by atoms with Gasteiger partial charge in [-0.3, -0.25) is 0 Å². The van der Waals surface area contributed by atoms with Crippen LogP contribution in [0.25, 0.3) is 44.9 Å². The largest absolute Gasteiger partial charge is 0.333 e. The van der Waals surface area contributed by atoms with E-state index in [1.165, 1.54) is 16.6 Å². The average molecular weight is 527 g/mol. The first-order valence-electron chi connectivity index (χ1n) is 14.0. The number of hydrogen-bond acceptors (Lipinski definition) is 4. The molecule has 0 spiro atoms. The molecule has 0 fully saturated rings. The van der Waals surface area contributed by atoms with Gasteiger partial charge in [-0.05, 0) is 29.1 Å². The van der Waals surface area contributed by atoms with Crippen LogP contribution < -0.4 is 4.90 Å². The highest BCUT2D eigenvalue weighted by atomic mass is 15.2. The highest BCUT2D eigenvalue weighted by Gasteiger charge is 2.37. The molecule has 1 aromatic heterocycles. The molecular weight excluding hydrogens is 500 g/mol. The summed E-state index contributed by atoms with van der Waals surface area (Å²) in [6.07, 6.45) is 8.96. The van der Waals surface area contributed by atoms with E-state index in [1.54, 1.807) is 0 Å². The molecule has 5 aromatic carbocycles. The highest BCUT2D eigenvalue weighted by Crippen LogP contribution is 2.49. The summed E-state index contributed by atoms with van der Waals surface area (Å²) in [5.41, 5.74) is 6.64. The maximum atomic E-state index is 5.03. The fourth-order valence-electron chi connectivity index (χ4n) is 6.13. The van der Waals surface area contributed by atoms with E-state index in [0.29, 0.717) is 23.4 Å². The minimum absolute atomic E-state index is 0.203. The summed E-state index contributed by atoms with van der Waals surface area (Å²) < 4.78 is 0. The summed E-state index contributed by atoms with van der Waals surface area (Å²) in [7, 11) is 0. The van der Waals surface area contributed by atoms with Crippen LogP contribution in [-0.2, 0) is 0 Å². The topological polar surface area (TPSA) is 41.9 Å². The average Bonchev–Trinajstić information content (AvgIpc) is 3.39. The number of allylic oxidation sites excluding steroid dienone is 2. The van der Waals surface area contributed by atoms with Crippen molar-refractivity contribution in [3.63, 3.8) is 0 Å². The molecule has 194 valence electrons. The fraction of sp³-hybridized carbons (Fsp3) is 0.0541. The van der Waals surface area contributed by atoms with E-state index >= 15 is 0 Å². The Labute approximate surface area is 239 Å². The Bertz CT molecular complexity index is 1900. The van der Waals surface area contributed by atoms with Crippen LogP contribution in [-0.4, -0.2) is 21.0 Å². The second kappa shape index (κ2) is 9.68. The van der Waals surface area contributed by atoms with Gasteiger partial charge in [0.25, 0.3) is 0 Å². The van der Waals surface area contributed by atoms with Crippen molar-refractivity contribution >= 4 is 22.1 Å². The van der Waals surface area contributed by atoms with Gasteiger partial charge in [0.1, 0.15) is 0 Å². The van der Waals surface area contributed by atoms with Crippen LogP contribution in [0.15, 0.2) is 146 Å². The Morgan fingerprint density at radius 2 is 1.07 bits per heavy atom. The minimum Gasteiger partial charge on any atom is -0.333 e. The molecule has 8 rings (SSSR count). The lowest BCUT2D eigenvalue weighted by Crippen LogP contribution is -2.28. The van der Waals surface area contributed by atoms with E-state index < -0.39 is 0 Å². The third-order valence-electron chi connectivity index (χ3n) is 8.02. The number of aromatic nitrogens is 3. The normalized spacial score (nSPS) is 17.0. The molecule has 2 atom stereocenters. The molecule has 0 radical (unpaired) electrons. The second-order valence-corrected chi connectivity index (χ2v) is 10.5. The third kappa shape index (κ3) is 4.04. The quantitative estimate of drug-likeness (QED) is 0.230. The number of para-hydroxylation sites is 1. The van der Waals surface area contributed by atoms with Crippen LogP contribution in [0.3, 0.4) is 0 Å². The zero-order valence-corrected chi connectivity index (χ0v) is 22.3. The molecule has 4 nitrogen and oxygen atoms in total. The third-order valence-corrected chi connectivity index (χ3v) is 8.02. The van der Waals surface area contributed by atoms with Crippen LogP contribution in [0, 0.1) is 0 Å². The van der Waals surface area contributed by atoms with Gasteiger partial charge in [0.15, 0.2) is 17.5 Å². The van der Waals surface area contributed by atoms with Crippen molar-refractivity contribution in [1.29, 1.82) is 0 Å². The number of rotatable bonds is 4. The first-order valence-corrected chi connectivity index (χ1v) is 14.0. The van der Waals surface area contributed by atoms with Gasteiger partial charge in [-0.25, -0.2) is 15.0 Å². The monoisotopic (exact) mass is 526 g/mol. The van der Waals surface area contributed by atoms with Crippen LogP contribution >= 0.6 is 0 Å². The molecule has 0 N–H and O–H groups in total. The summed E-state index contributed by atoms with van der Waals surface area (Å²) >= 11 is 0. The number of benzene rings is 5. The Hall–Kier alpha value is -5.35. The zero-order chi connectivity index (χ0) is 27.2. The van der Waals surface area contributed by atoms with Gasteiger partial charge in [0, 0.05) is 33.7 Å². The lowest BCUT2D eigenvalue weighted by molar-refractivity contribution is 0.746. The maximum Gasteiger partial charge on any atom is 0.164 e. The first kappa shape index (κ1) is 23.5. The smallest absolute Gasteiger partial charge is 0.164 e. The van der Waals surface area contributed by atoms with Crippen molar-refractivity contribution in [1.82, 2.24) is 15.0 Å². The molecule has 0 saturated carbocycles. The van der Waals surface area contributed by atoms with Gasteiger partial charge >= 0.3 is 0 Å². The molecule has 0 amide bonds. The van der Waals surface area contributed by atoms with Crippen molar-refractivity contribution in [2.45, 2.75) is 12.0 Å². The van der Waals surface area contributed by atoms with Gasteiger partial charge in [0.05, 0.1) is 11.7 Å². The lowest BCUT2D eigenvalue weighted by atomic mass is 9.91. The number of fused-ring (bicyclic) bond motifs is 4. The van der Waals surface area contributed by atoms with E-state index in [0.717, 1.165) is 27.8 Å². The maximum absolute atomic E-state index is 5.03. The Kier molecular flexibility index (Phi) is 5.56. The minimum atomic E-state index is 0.203. The Balaban J connectivity index is 1.36. The molecule has 2 unspecified atom stereocenters. The van der Waals surface area contributed by atoms with E-state index in [4.69, 9.17) is 15.0 Å². The summed E-state index contributed by atoms with van der Waals surface area (Å²) in [4.78, 5) is 17.5. The van der Waals surface area contributed by atoms with Crippen LogP contribution in [0.1, 0.15) is 11.5 Å². The van der Waals surface area contributed by atoms with E-state index in [1.807, 2.05) is 60.7 Å². The van der Waals surface area contributed by atoms with Crippen LogP contribution in [0.4, 0.5) is 11.4 Å². The van der Waals surface area contributed by atoms with Gasteiger partial charge in [-0.1, -0.05) is 127 Å². The van der Waals surface area contributed by atoms with Crippen molar-refractivity contribution in [2.24, 2.45) is 0 Å². The van der Waals surface area contributed by atoms with Crippen molar-refractivity contribution in [2.75, 3.05) is 4.90 Å². The SMILES string of the molecule is C1=CC2c3ccccc3N(c3cc(-c4nc(-c5ccccc5)nc(-c5ccccc5)n4)cc4ccccc34)C2C=C1. The molecule has 1 aliphatic heterocycles. The second-order valence-electron chi connectivity index (χ2n) is 10.5. The van der Waals surface area contributed by atoms with Crippen LogP contribution in [0.2, 0.25) is 0 Å². The molecule has 0 bridgehead atoms. The zero-order valence-electron chi connectivity index (χ0n) is 22.3. The first-order chi connectivity index (χ1) is 20.3. The molecule has 1 aliphatic carbocycles. The molecule has 2 aliphatic rings. The van der Waals surface area contributed by atoms with Gasteiger partial charge in [-0.15, -0.1) is 0 Å². The number of nitrogens with zero attached hydrogens (tertiary/aromatic N) is 4. The summed E-state index contributed by atoms with van der Waals surface area (Å²) in [6.45, 7) is 0. The molecule has 6 aromatic rings.